The van der Waals surface area contributed by atoms with Crippen LogP contribution in [-0.4, -0.2) is 9.52 Å². The third-order valence-electron chi connectivity index (χ3n) is 4.46. The molecular weight excluding hydrogens is 435 g/mol. The fourth-order valence-electron chi connectivity index (χ4n) is 3.53. The van der Waals surface area contributed by atoms with E-state index in [1.165, 1.54) is 56.1 Å². The molecule has 1 aliphatic rings. The molecule has 0 atom stereocenters. The third-order valence-corrected chi connectivity index (χ3v) is 6.38. The van der Waals surface area contributed by atoms with Crippen molar-refractivity contribution in [2.24, 2.45) is 0 Å². The summed E-state index contributed by atoms with van der Waals surface area (Å²) in [5.41, 5.74) is 5.99. The van der Waals surface area contributed by atoms with Crippen molar-refractivity contribution in [3.8, 4) is 0 Å². The molecule has 0 nitrogen and oxygen atoms in total. The van der Waals surface area contributed by atoms with E-state index >= 15 is 0 Å². The molecule has 0 radical (unpaired) electrons. The molecule has 0 amide bonds. The Morgan fingerprint density at radius 2 is 1.50 bits per heavy atom. The van der Waals surface area contributed by atoms with Gasteiger partial charge in [0.25, 0.3) is 0 Å². The molecule has 5 heteroatoms. The SMILES string of the molecule is CCCCCC1=[C-]C(CCC)=C([SiH2]c2cc(C)cc(C)c2)C1.[Cl-].[Cl-].[Cl-].[Ti+4]. The van der Waals surface area contributed by atoms with Gasteiger partial charge < -0.3 is 37.2 Å². The first-order valence-corrected chi connectivity index (χ1v) is 10.4. The molecule has 0 heterocycles. The average molecular weight is 466 g/mol. The van der Waals surface area contributed by atoms with Crippen LogP contribution in [0.4, 0.5) is 0 Å². The predicted molar refractivity (Wildman–Crippen MR) is 102 cm³/mol. The number of benzene rings is 1. The Hall–Kier alpha value is 0.501. The van der Waals surface area contributed by atoms with Crippen molar-refractivity contribution in [1.82, 2.24) is 0 Å². The van der Waals surface area contributed by atoms with E-state index in [2.05, 4.69) is 52.0 Å². The fourth-order valence-corrected chi connectivity index (χ4v) is 5.77. The van der Waals surface area contributed by atoms with Crippen molar-refractivity contribution < 1.29 is 58.9 Å². The second-order valence-electron chi connectivity index (χ2n) is 6.87. The summed E-state index contributed by atoms with van der Waals surface area (Å²) in [6.45, 7) is 9.02. The Balaban J connectivity index is -0.00000132. The van der Waals surface area contributed by atoms with Gasteiger partial charge in [0.1, 0.15) is 0 Å². The van der Waals surface area contributed by atoms with E-state index in [0.717, 1.165) is 0 Å². The summed E-state index contributed by atoms with van der Waals surface area (Å²) in [6, 6.07) is 7.10. The van der Waals surface area contributed by atoms with Crippen LogP contribution in [0, 0.1) is 19.9 Å². The van der Waals surface area contributed by atoms with Gasteiger partial charge >= 0.3 is 21.7 Å². The van der Waals surface area contributed by atoms with Crippen molar-refractivity contribution in [2.45, 2.75) is 72.6 Å². The third kappa shape index (κ3) is 10.2. The number of rotatable bonds is 8. The van der Waals surface area contributed by atoms with E-state index in [1.54, 1.807) is 21.5 Å². The molecule has 1 aromatic carbocycles. The van der Waals surface area contributed by atoms with Crippen LogP contribution in [-0.2, 0) is 21.7 Å². The minimum atomic E-state index is -0.309. The normalized spacial score (nSPS) is 12.8. The largest absolute Gasteiger partial charge is 4.00 e. The molecule has 144 valence electrons. The molecule has 26 heavy (non-hydrogen) atoms. The molecule has 2 rings (SSSR count). The van der Waals surface area contributed by atoms with Gasteiger partial charge in [-0.1, -0.05) is 93.3 Å². The zero-order valence-electron chi connectivity index (χ0n) is 16.5. The van der Waals surface area contributed by atoms with Gasteiger partial charge in [-0.05, 0) is 23.4 Å². The molecule has 0 spiro atoms. The van der Waals surface area contributed by atoms with Crippen molar-refractivity contribution in [2.75, 3.05) is 0 Å². The van der Waals surface area contributed by atoms with Crippen molar-refractivity contribution >= 4 is 14.7 Å². The first-order valence-electron chi connectivity index (χ1n) is 9.02. The first-order chi connectivity index (χ1) is 10.6. The molecule has 0 N–H and O–H groups in total. The van der Waals surface area contributed by atoms with Crippen LogP contribution in [0.25, 0.3) is 0 Å². The summed E-state index contributed by atoms with van der Waals surface area (Å²) in [7, 11) is -0.309. The second-order valence-corrected chi connectivity index (χ2v) is 8.89. The molecule has 0 unspecified atom stereocenters. The first kappa shape index (κ1) is 31.2. The second kappa shape index (κ2) is 16.5. The number of halogens is 3. The van der Waals surface area contributed by atoms with Gasteiger partial charge in [0.15, 0.2) is 0 Å². The standard InChI is InChI=1S/C21H31Si.3ClH.Ti/c1-5-7-8-10-18-14-19(9-6-2)21(15-18)22-20-12-16(3)11-17(4)13-20;;;;/h11-13H,5-10,15,22H2,1-4H3;3*1H;/q-1;;;;+4/p-3. The van der Waals surface area contributed by atoms with Gasteiger partial charge in [-0.15, -0.1) is 0 Å². The zero-order valence-corrected chi connectivity index (χ0v) is 21.8. The number of hydrogen-bond acceptors (Lipinski definition) is 0. The number of hydrogen-bond donors (Lipinski definition) is 0. The van der Waals surface area contributed by atoms with Gasteiger partial charge in [0.2, 0.25) is 0 Å². The summed E-state index contributed by atoms with van der Waals surface area (Å²) in [5, 5.41) is 3.37. The summed E-state index contributed by atoms with van der Waals surface area (Å²) < 4.78 is 0. The molecule has 1 aromatic rings. The monoisotopic (exact) mass is 464 g/mol. The molecule has 0 saturated carbocycles. The predicted octanol–water partition coefficient (Wildman–Crippen LogP) is -4.13. The minimum absolute atomic E-state index is 0. The Morgan fingerprint density at radius 1 is 0.885 bits per heavy atom. The minimum Gasteiger partial charge on any atom is -1.00 e. The van der Waals surface area contributed by atoms with Gasteiger partial charge in [-0.25, -0.2) is 16.8 Å². The topological polar surface area (TPSA) is 0 Å². The molecule has 0 aromatic heterocycles. The number of aryl methyl sites for hydroxylation is 2. The summed E-state index contributed by atoms with van der Waals surface area (Å²) >= 11 is 0. The molecule has 0 bridgehead atoms. The molecule has 1 aliphatic carbocycles. The van der Waals surface area contributed by atoms with Crippen LogP contribution in [0.5, 0.6) is 0 Å². The van der Waals surface area contributed by atoms with E-state index in [9.17, 15) is 0 Å². The zero-order chi connectivity index (χ0) is 15.9. The van der Waals surface area contributed by atoms with E-state index < -0.39 is 0 Å². The molecular formula is C21H31Cl3SiTi. The summed E-state index contributed by atoms with van der Waals surface area (Å²) in [6.07, 6.45) is 12.8. The maximum absolute atomic E-state index is 3.78. The Kier molecular flexibility index (Phi) is 19.7. The van der Waals surface area contributed by atoms with Crippen LogP contribution in [0.15, 0.2) is 34.5 Å². The molecule has 0 fully saturated rings. The Bertz CT molecular complexity index is 562. The molecule has 0 saturated heterocycles. The van der Waals surface area contributed by atoms with E-state index in [-0.39, 0.29) is 68.5 Å². The Morgan fingerprint density at radius 3 is 2.04 bits per heavy atom. The average Bonchev–Trinajstić information content (AvgIpc) is 2.80. The quantitative estimate of drug-likeness (QED) is 0.208. The van der Waals surface area contributed by atoms with Crippen LogP contribution in [0.2, 0.25) is 0 Å². The van der Waals surface area contributed by atoms with Crippen LogP contribution in [0.3, 0.4) is 0 Å². The van der Waals surface area contributed by atoms with Gasteiger partial charge in [0, 0.05) is 0 Å². The van der Waals surface area contributed by atoms with E-state index in [0.29, 0.717) is 0 Å². The smallest absolute Gasteiger partial charge is 1.00 e. The number of unbranched alkanes of at least 4 members (excludes halogenated alkanes) is 2. The maximum Gasteiger partial charge on any atom is 4.00 e. The van der Waals surface area contributed by atoms with E-state index in [1.807, 2.05) is 0 Å². The van der Waals surface area contributed by atoms with Crippen molar-refractivity contribution in [3.05, 3.63) is 51.7 Å². The summed E-state index contributed by atoms with van der Waals surface area (Å²) in [4.78, 5) is 0. The maximum atomic E-state index is 3.78. The van der Waals surface area contributed by atoms with Gasteiger partial charge in [-0.3, -0.25) is 0 Å². The van der Waals surface area contributed by atoms with Gasteiger partial charge in [-0.2, -0.15) is 5.57 Å². The van der Waals surface area contributed by atoms with Crippen LogP contribution < -0.4 is 42.4 Å². The number of allylic oxidation sites excluding steroid dienone is 4. The summed E-state index contributed by atoms with van der Waals surface area (Å²) in [5.74, 6) is 0. The van der Waals surface area contributed by atoms with Crippen molar-refractivity contribution in [3.63, 3.8) is 0 Å². The molecule has 0 aliphatic heterocycles. The van der Waals surface area contributed by atoms with Crippen LogP contribution >= 0.6 is 0 Å². The Labute approximate surface area is 197 Å². The van der Waals surface area contributed by atoms with Gasteiger partial charge in [0.05, 0.1) is 0 Å². The van der Waals surface area contributed by atoms with Crippen LogP contribution in [0.1, 0.15) is 69.9 Å². The fraction of sp³-hybridized carbons (Fsp3) is 0.524. The van der Waals surface area contributed by atoms with Crippen molar-refractivity contribution in [1.29, 1.82) is 0 Å². The van der Waals surface area contributed by atoms with E-state index in [4.69, 9.17) is 0 Å².